The summed E-state index contributed by atoms with van der Waals surface area (Å²) in [5.41, 5.74) is 5.46. The monoisotopic (exact) mass is 333 g/mol. The number of hydrogen-bond donors (Lipinski definition) is 2. The van der Waals surface area contributed by atoms with Crippen LogP contribution in [0.25, 0.3) is 0 Å². The van der Waals surface area contributed by atoms with Gasteiger partial charge in [-0.3, -0.25) is 14.6 Å². The lowest BCUT2D eigenvalue weighted by molar-refractivity contribution is -0.146. The molecule has 4 saturated carbocycles. The first kappa shape index (κ1) is 14.9. The van der Waals surface area contributed by atoms with Crippen LogP contribution in [0.1, 0.15) is 48.9 Å². The van der Waals surface area contributed by atoms with Crippen molar-refractivity contribution in [1.29, 1.82) is 0 Å². The van der Waals surface area contributed by atoms with E-state index in [1.807, 2.05) is 0 Å². The number of rotatable bonds is 3. The Morgan fingerprint density at radius 3 is 2.52 bits per heavy atom. The second-order valence-corrected chi connectivity index (χ2v) is 8.17. The Kier molecular flexibility index (Phi) is 3.21. The highest BCUT2D eigenvalue weighted by Gasteiger charge is 2.60. The van der Waals surface area contributed by atoms with E-state index in [-0.39, 0.29) is 17.4 Å². The van der Waals surface area contributed by atoms with Gasteiger partial charge in [-0.1, -0.05) is 11.6 Å². The fraction of sp³-hybridized carbons (Fsp3) is 0.588. The summed E-state index contributed by atoms with van der Waals surface area (Å²) in [6, 6.07) is 1.62. The first-order valence-corrected chi connectivity index (χ1v) is 8.51. The molecule has 4 aliphatic carbocycles. The summed E-state index contributed by atoms with van der Waals surface area (Å²) in [5.74, 6) is 0.610. The van der Waals surface area contributed by atoms with Gasteiger partial charge in [0.05, 0.1) is 16.0 Å². The molecule has 4 fully saturated rings. The van der Waals surface area contributed by atoms with Crippen molar-refractivity contribution in [3.63, 3.8) is 0 Å². The van der Waals surface area contributed by atoms with E-state index in [4.69, 9.17) is 17.3 Å². The summed E-state index contributed by atoms with van der Waals surface area (Å²) < 4.78 is 0. The molecule has 5 nitrogen and oxygen atoms in total. The number of amides is 2. The quantitative estimate of drug-likeness (QED) is 0.890. The second-order valence-electron chi connectivity index (χ2n) is 7.73. The van der Waals surface area contributed by atoms with Crippen molar-refractivity contribution in [2.24, 2.45) is 23.0 Å². The van der Waals surface area contributed by atoms with E-state index >= 15 is 0 Å². The van der Waals surface area contributed by atoms with Gasteiger partial charge in [0.2, 0.25) is 5.91 Å². The van der Waals surface area contributed by atoms with Gasteiger partial charge in [-0.25, -0.2) is 0 Å². The van der Waals surface area contributed by atoms with E-state index in [1.165, 1.54) is 12.4 Å². The molecule has 0 aromatic carbocycles. The van der Waals surface area contributed by atoms with Gasteiger partial charge in [0, 0.05) is 17.9 Å². The minimum atomic E-state index is -0.427. The normalized spacial score (nSPS) is 37.6. The van der Waals surface area contributed by atoms with Crippen LogP contribution in [-0.2, 0) is 4.79 Å². The number of pyridine rings is 1. The number of nitrogens with zero attached hydrogens (tertiary/aromatic N) is 1. The Hall–Kier alpha value is -1.62. The Labute approximate surface area is 140 Å². The standard InChI is InChI=1S/C17H20ClN3O2/c18-13-2-12(7-20-8-13)14(22)21-17-5-10-1-11(6-17)4-16(3-10,9-17)15(19)23/h2,7-8,10-11H,1,3-6,9H2,(H2,19,23)(H,21,22). The fourth-order valence-electron chi connectivity index (χ4n) is 5.55. The SMILES string of the molecule is NC(=O)C12CC3CC(CC(NC(=O)c4cncc(Cl)c4)(C3)C1)C2. The third-order valence-electron chi connectivity index (χ3n) is 5.93. The van der Waals surface area contributed by atoms with E-state index in [9.17, 15) is 9.59 Å². The molecule has 0 saturated heterocycles. The Balaban J connectivity index is 1.61. The van der Waals surface area contributed by atoms with Crippen molar-refractivity contribution >= 4 is 23.4 Å². The van der Waals surface area contributed by atoms with E-state index in [0.717, 1.165) is 32.1 Å². The number of nitrogens with one attached hydrogen (secondary N) is 1. The van der Waals surface area contributed by atoms with Gasteiger partial charge in [-0.05, 0) is 56.4 Å². The van der Waals surface area contributed by atoms with Crippen LogP contribution in [0.4, 0.5) is 0 Å². The van der Waals surface area contributed by atoms with Crippen LogP contribution in [0.15, 0.2) is 18.5 Å². The van der Waals surface area contributed by atoms with Crippen LogP contribution in [0.3, 0.4) is 0 Å². The van der Waals surface area contributed by atoms with Crippen LogP contribution in [-0.4, -0.2) is 22.3 Å². The number of carbonyl (C=O) groups is 2. The highest BCUT2D eigenvalue weighted by Crippen LogP contribution is 2.61. The largest absolute Gasteiger partial charge is 0.369 e. The van der Waals surface area contributed by atoms with Crippen LogP contribution < -0.4 is 11.1 Å². The molecule has 0 aliphatic heterocycles. The average molecular weight is 334 g/mol. The van der Waals surface area contributed by atoms with Gasteiger partial charge >= 0.3 is 0 Å². The summed E-state index contributed by atoms with van der Waals surface area (Å²) in [5, 5.41) is 3.64. The Morgan fingerprint density at radius 1 is 1.22 bits per heavy atom. The molecule has 4 aliphatic rings. The van der Waals surface area contributed by atoms with E-state index in [1.54, 1.807) is 6.07 Å². The lowest BCUT2D eigenvalue weighted by Crippen LogP contribution is -2.65. The van der Waals surface area contributed by atoms with Crippen molar-refractivity contribution in [3.05, 3.63) is 29.0 Å². The van der Waals surface area contributed by atoms with Crippen molar-refractivity contribution in [2.45, 2.75) is 44.1 Å². The lowest BCUT2D eigenvalue weighted by Gasteiger charge is -2.61. The first-order chi connectivity index (χ1) is 10.9. The van der Waals surface area contributed by atoms with E-state index < -0.39 is 5.41 Å². The molecule has 0 spiro atoms. The van der Waals surface area contributed by atoms with Crippen LogP contribution in [0.2, 0.25) is 5.02 Å². The lowest BCUT2D eigenvalue weighted by atomic mass is 9.46. The van der Waals surface area contributed by atoms with Gasteiger partial charge in [-0.15, -0.1) is 0 Å². The maximum atomic E-state index is 12.6. The zero-order valence-electron chi connectivity index (χ0n) is 12.8. The molecule has 1 aromatic rings. The molecule has 4 bridgehead atoms. The molecule has 2 atom stereocenters. The molecule has 6 heteroatoms. The predicted molar refractivity (Wildman–Crippen MR) is 85.8 cm³/mol. The molecule has 2 unspecified atom stereocenters. The summed E-state index contributed by atoms with van der Waals surface area (Å²) in [4.78, 5) is 28.7. The minimum absolute atomic E-state index is 0.165. The zero-order chi connectivity index (χ0) is 16.2. The molecule has 3 N–H and O–H groups in total. The summed E-state index contributed by atoms with van der Waals surface area (Å²) in [6.45, 7) is 0. The Bertz CT molecular complexity index is 676. The maximum absolute atomic E-state index is 12.6. The molecule has 23 heavy (non-hydrogen) atoms. The average Bonchev–Trinajstić information content (AvgIpc) is 2.45. The molecule has 2 amide bonds. The number of halogens is 1. The predicted octanol–water partition coefficient (Wildman–Crippen LogP) is 2.29. The van der Waals surface area contributed by atoms with E-state index in [0.29, 0.717) is 28.8 Å². The first-order valence-electron chi connectivity index (χ1n) is 8.13. The van der Waals surface area contributed by atoms with Gasteiger partial charge in [-0.2, -0.15) is 0 Å². The third-order valence-corrected chi connectivity index (χ3v) is 6.14. The molecular weight excluding hydrogens is 314 g/mol. The van der Waals surface area contributed by atoms with E-state index in [2.05, 4.69) is 10.3 Å². The summed E-state index contributed by atoms with van der Waals surface area (Å²) in [6.07, 6.45) is 8.50. The van der Waals surface area contributed by atoms with Crippen molar-refractivity contribution < 1.29 is 9.59 Å². The number of primary amides is 1. The van der Waals surface area contributed by atoms with Crippen molar-refractivity contribution in [3.8, 4) is 0 Å². The molecule has 5 rings (SSSR count). The highest BCUT2D eigenvalue weighted by molar-refractivity contribution is 6.30. The number of carbonyl (C=O) groups excluding carboxylic acids is 2. The number of hydrogen-bond acceptors (Lipinski definition) is 3. The smallest absolute Gasteiger partial charge is 0.253 e. The number of nitrogens with two attached hydrogens (primary N) is 1. The minimum Gasteiger partial charge on any atom is -0.369 e. The molecule has 1 heterocycles. The number of aromatic nitrogens is 1. The third kappa shape index (κ3) is 2.42. The maximum Gasteiger partial charge on any atom is 0.253 e. The van der Waals surface area contributed by atoms with Crippen LogP contribution >= 0.6 is 11.6 Å². The molecule has 1 aromatic heterocycles. The highest BCUT2D eigenvalue weighted by atomic mass is 35.5. The van der Waals surface area contributed by atoms with Gasteiger partial charge in [0.15, 0.2) is 0 Å². The summed E-state index contributed by atoms with van der Waals surface area (Å²) >= 11 is 5.92. The van der Waals surface area contributed by atoms with Gasteiger partial charge < -0.3 is 11.1 Å². The second kappa shape index (κ2) is 4.94. The van der Waals surface area contributed by atoms with Gasteiger partial charge in [0.25, 0.3) is 5.91 Å². The molecule has 122 valence electrons. The fourth-order valence-corrected chi connectivity index (χ4v) is 5.72. The zero-order valence-corrected chi connectivity index (χ0v) is 13.6. The summed E-state index contributed by atoms with van der Waals surface area (Å²) in [7, 11) is 0. The van der Waals surface area contributed by atoms with Crippen LogP contribution in [0.5, 0.6) is 0 Å². The molecule has 0 radical (unpaired) electrons. The van der Waals surface area contributed by atoms with Crippen molar-refractivity contribution in [1.82, 2.24) is 10.3 Å². The topological polar surface area (TPSA) is 85.1 Å². The molecular formula is C17H20ClN3O2. The Morgan fingerprint density at radius 2 is 1.91 bits per heavy atom. The van der Waals surface area contributed by atoms with Crippen LogP contribution in [0, 0.1) is 17.3 Å². The van der Waals surface area contributed by atoms with Gasteiger partial charge in [0.1, 0.15) is 0 Å². The van der Waals surface area contributed by atoms with Crippen molar-refractivity contribution in [2.75, 3.05) is 0 Å².